The summed E-state index contributed by atoms with van der Waals surface area (Å²) in [5.41, 5.74) is 12.2. The first-order valence-electron chi connectivity index (χ1n) is 8.63. The van der Waals surface area contributed by atoms with Crippen molar-refractivity contribution in [1.29, 1.82) is 0 Å². The minimum atomic E-state index is -0.311. The Morgan fingerprint density at radius 3 is 1.89 bits per heavy atom. The second-order valence-electron chi connectivity index (χ2n) is 6.07. The van der Waals surface area contributed by atoms with Gasteiger partial charge < -0.3 is 20.1 Å². The SMILES string of the molecule is COCC(C)NC(=S)NNC(=O)c1ccc(NNC(=S)NC(C)COC)cc1. The van der Waals surface area contributed by atoms with E-state index in [0.717, 1.165) is 5.69 Å². The highest BCUT2D eigenvalue weighted by Gasteiger charge is 2.08. The molecule has 2 atom stereocenters. The highest BCUT2D eigenvalue weighted by molar-refractivity contribution is 7.80. The van der Waals surface area contributed by atoms with Gasteiger partial charge >= 0.3 is 0 Å². The van der Waals surface area contributed by atoms with Crippen LogP contribution in [-0.2, 0) is 9.47 Å². The Labute approximate surface area is 176 Å². The van der Waals surface area contributed by atoms with Gasteiger partial charge in [0.05, 0.1) is 18.9 Å². The first-order chi connectivity index (χ1) is 13.3. The van der Waals surface area contributed by atoms with Crippen LogP contribution in [0.2, 0.25) is 0 Å². The zero-order valence-corrected chi connectivity index (χ0v) is 18.1. The van der Waals surface area contributed by atoms with Crippen molar-refractivity contribution in [2.45, 2.75) is 25.9 Å². The summed E-state index contributed by atoms with van der Waals surface area (Å²) in [6, 6.07) is 6.96. The van der Waals surface area contributed by atoms with E-state index in [2.05, 4.69) is 32.3 Å². The second-order valence-corrected chi connectivity index (χ2v) is 6.88. The van der Waals surface area contributed by atoms with Crippen LogP contribution in [0.5, 0.6) is 0 Å². The zero-order chi connectivity index (χ0) is 20.9. The minimum absolute atomic E-state index is 0.0258. The maximum Gasteiger partial charge on any atom is 0.269 e. The molecule has 0 spiro atoms. The molecule has 156 valence electrons. The average molecular weight is 429 g/mol. The zero-order valence-electron chi connectivity index (χ0n) is 16.4. The van der Waals surface area contributed by atoms with E-state index in [1.165, 1.54) is 0 Å². The quantitative estimate of drug-likeness (QED) is 0.248. The molecule has 0 aliphatic heterocycles. The smallest absolute Gasteiger partial charge is 0.269 e. The van der Waals surface area contributed by atoms with Crippen LogP contribution < -0.4 is 32.3 Å². The number of methoxy groups -OCH3 is 2. The molecule has 6 N–H and O–H groups in total. The van der Waals surface area contributed by atoms with Crippen molar-refractivity contribution in [3.8, 4) is 0 Å². The predicted octanol–water partition coefficient (Wildman–Crippen LogP) is 0.656. The van der Waals surface area contributed by atoms with Crippen LogP contribution in [0.1, 0.15) is 24.2 Å². The van der Waals surface area contributed by atoms with E-state index < -0.39 is 0 Å². The molecule has 1 amide bonds. The molecular formula is C17H28N6O3S2. The molecule has 2 unspecified atom stereocenters. The van der Waals surface area contributed by atoms with Gasteiger partial charge in [-0.3, -0.25) is 26.5 Å². The summed E-state index contributed by atoms with van der Waals surface area (Å²) in [7, 11) is 3.24. The molecule has 0 saturated heterocycles. The molecular weight excluding hydrogens is 400 g/mol. The van der Waals surface area contributed by atoms with Crippen molar-refractivity contribution in [2.75, 3.05) is 32.9 Å². The maximum absolute atomic E-state index is 12.2. The monoisotopic (exact) mass is 428 g/mol. The summed E-state index contributed by atoms with van der Waals surface area (Å²) in [6.07, 6.45) is 0. The normalized spacial score (nSPS) is 12.3. The van der Waals surface area contributed by atoms with Crippen LogP contribution in [0.3, 0.4) is 0 Å². The summed E-state index contributed by atoms with van der Waals surface area (Å²) in [5.74, 6) is -0.311. The molecule has 9 nitrogen and oxygen atoms in total. The first kappa shape index (κ1) is 23.8. The molecule has 0 aromatic heterocycles. The highest BCUT2D eigenvalue weighted by Crippen LogP contribution is 2.08. The summed E-state index contributed by atoms with van der Waals surface area (Å²) < 4.78 is 10.0. The van der Waals surface area contributed by atoms with Crippen molar-refractivity contribution >= 4 is 46.3 Å². The van der Waals surface area contributed by atoms with Gasteiger partial charge in [0.2, 0.25) is 0 Å². The third kappa shape index (κ3) is 9.65. The average Bonchev–Trinajstić information content (AvgIpc) is 2.65. The van der Waals surface area contributed by atoms with Crippen LogP contribution in [-0.4, -0.2) is 55.6 Å². The van der Waals surface area contributed by atoms with E-state index in [4.69, 9.17) is 33.9 Å². The van der Waals surface area contributed by atoms with Gasteiger partial charge in [-0.1, -0.05) is 0 Å². The highest BCUT2D eigenvalue weighted by atomic mass is 32.1. The number of thiocarbonyl (C=S) groups is 2. The van der Waals surface area contributed by atoms with Gasteiger partial charge in [0.15, 0.2) is 10.2 Å². The Kier molecular flexibility index (Phi) is 11.1. The number of carbonyl (C=O) groups is 1. The Morgan fingerprint density at radius 1 is 0.893 bits per heavy atom. The molecule has 28 heavy (non-hydrogen) atoms. The molecule has 1 rings (SSSR count). The Hall–Kier alpha value is -2.21. The lowest BCUT2D eigenvalue weighted by atomic mass is 10.2. The third-order valence-corrected chi connectivity index (χ3v) is 3.79. The van der Waals surface area contributed by atoms with Gasteiger partial charge in [0, 0.05) is 31.9 Å². The second kappa shape index (κ2) is 13.0. The van der Waals surface area contributed by atoms with Gasteiger partial charge in [-0.05, 0) is 62.5 Å². The molecule has 1 aromatic rings. The molecule has 0 heterocycles. The largest absolute Gasteiger partial charge is 0.383 e. The van der Waals surface area contributed by atoms with Gasteiger partial charge in [-0.15, -0.1) is 0 Å². The number of carbonyl (C=O) groups excluding carboxylic acids is 1. The number of nitrogens with one attached hydrogen (secondary N) is 6. The number of rotatable bonds is 9. The van der Waals surface area contributed by atoms with Gasteiger partial charge in [-0.25, -0.2) is 0 Å². The molecule has 0 fully saturated rings. The third-order valence-electron chi connectivity index (χ3n) is 3.35. The fourth-order valence-electron chi connectivity index (χ4n) is 2.12. The van der Waals surface area contributed by atoms with Crippen molar-refractivity contribution in [3.05, 3.63) is 29.8 Å². The number of ether oxygens (including phenoxy) is 2. The van der Waals surface area contributed by atoms with E-state index in [0.29, 0.717) is 29.0 Å². The van der Waals surface area contributed by atoms with Crippen LogP contribution in [0.15, 0.2) is 24.3 Å². The Morgan fingerprint density at radius 2 is 1.39 bits per heavy atom. The molecule has 1 aromatic carbocycles. The standard InChI is InChI=1S/C17H28N6O3S2/c1-11(9-25-3)18-16(27)22-20-14-7-5-13(6-8-14)15(24)21-23-17(28)19-12(2)10-26-4/h5-8,11-12,20H,9-10H2,1-4H3,(H,21,24)(H2,18,22,27)(H2,19,23,28). The molecule has 0 saturated carbocycles. The van der Waals surface area contributed by atoms with Crippen LogP contribution >= 0.6 is 24.4 Å². The van der Waals surface area contributed by atoms with Crippen molar-refractivity contribution < 1.29 is 14.3 Å². The predicted molar refractivity (Wildman–Crippen MR) is 118 cm³/mol. The fraction of sp³-hybridized carbons (Fsp3) is 0.471. The lowest BCUT2D eigenvalue weighted by Gasteiger charge is -2.17. The van der Waals surface area contributed by atoms with E-state index in [1.807, 2.05) is 13.8 Å². The summed E-state index contributed by atoms with van der Waals surface area (Å²) in [6.45, 7) is 4.92. The fourth-order valence-corrected chi connectivity index (χ4v) is 2.63. The lowest BCUT2D eigenvalue weighted by Crippen LogP contribution is -2.49. The summed E-state index contributed by atoms with van der Waals surface area (Å²) >= 11 is 10.3. The topological polar surface area (TPSA) is 108 Å². The Bertz CT molecular complexity index is 644. The van der Waals surface area contributed by atoms with E-state index in [9.17, 15) is 4.79 Å². The van der Waals surface area contributed by atoms with Crippen molar-refractivity contribution in [1.82, 2.24) is 26.9 Å². The van der Waals surface area contributed by atoms with Gasteiger partial charge in [0.1, 0.15) is 0 Å². The Balaban J connectivity index is 2.39. The number of anilines is 1. The lowest BCUT2D eigenvalue weighted by molar-refractivity contribution is 0.0943. The van der Waals surface area contributed by atoms with E-state index >= 15 is 0 Å². The number of hydrogen-bond donors (Lipinski definition) is 6. The van der Waals surface area contributed by atoms with Crippen molar-refractivity contribution in [2.24, 2.45) is 0 Å². The molecule has 11 heteroatoms. The number of amides is 1. The van der Waals surface area contributed by atoms with Gasteiger partial charge in [0.25, 0.3) is 5.91 Å². The number of benzene rings is 1. The molecule has 0 radical (unpaired) electrons. The maximum atomic E-state index is 12.2. The minimum Gasteiger partial charge on any atom is -0.383 e. The molecule has 0 aliphatic carbocycles. The summed E-state index contributed by atoms with van der Waals surface area (Å²) in [5, 5.41) is 6.80. The van der Waals surface area contributed by atoms with E-state index in [1.54, 1.807) is 38.5 Å². The number of hydrazine groups is 2. The van der Waals surface area contributed by atoms with Crippen molar-refractivity contribution in [3.63, 3.8) is 0 Å². The van der Waals surface area contributed by atoms with Crippen LogP contribution in [0, 0.1) is 0 Å². The summed E-state index contributed by atoms with van der Waals surface area (Å²) in [4.78, 5) is 12.2. The van der Waals surface area contributed by atoms with E-state index in [-0.39, 0.29) is 18.0 Å². The van der Waals surface area contributed by atoms with Gasteiger partial charge in [-0.2, -0.15) is 0 Å². The van der Waals surface area contributed by atoms with Crippen LogP contribution in [0.25, 0.3) is 0 Å². The first-order valence-corrected chi connectivity index (χ1v) is 9.44. The molecule has 0 bridgehead atoms. The molecule has 0 aliphatic rings. The van der Waals surface area contributed by atoms with Crippen LogP contribution in [0.4, 0.5) is 5.69 Å². The number of hydrogen-bond acceptors (Lipinski definition) is 6.